The van der Waals surface area contributed by atoms with E-state index in [0.717, 1.165) is 30.0 Å². The van der Waals surface area contributed by atoms with Gasteiger partial charge in [-0.05, 0) is 50.4 Å². The van der Waals surface area contributed by atoms with Gasteiger partial charge in [-0.25, -0.2) is 0 Å². The summed E-state index contributed by atoms with van der Waals surface area (Å²) in [6.45, 7) is 7.49. The third-order valence-electron chi connectivity index (χ3n) is 5.35. The number of piperidine rings is 1. The molecule has 0 aromatic heterocycles. The van der Waals surface area contributed by atoms with Crippen LogP contribution in [0, 0.1) is 11.8 Å². The molecule has 0 amide bonds. The minimum Gasteiger partial charge on any atom is -0.310 e. The molecule has 0 aromatic carbocycles. The Morgan fingerprint density at radius 3 is 2.44 bits per heavy atom. The highest BCUT2D eigenvalue weighted by Gasteiger charge is 2.38. The molecule has 0 bridgehead atoms. The lowest BCUT2D eigenvalue weighted by atomic mass is 9.78. The summed E-state index contributed by atoms with van der Waals surface area (Å²) in [5, 5.41) is 3.89. The topological polar surface area (TPSA) is 15.3 Å². The Morgan fingerprint density at radius 1 is 1.06 bits per heavy atom. The summed E-state index contributed by atoms with van der Waals surface area (Å²) in [4.78, 5) is 2.83. The van der Waals surface area contributed by atoms with Crippen molar-refractivity contribution in [3.63, 3.8) is 0 Å². The molecule has 0 radical (unpaired) electrons. The SMILES string of the molecule is CCCC1CC(NC2CC2)CN(C2CCC2C)C1. The summed E-state index contributed by atoms with van der Waals surface area (Å²) in [6.07, 6.45) is 9.98. The van der Waals surface area contributed by atoms with E-state index < -0.39 is 0 Å². The molecule has 2 saturated carbocycles. The lowest BCUT2D eigenvalue weighted by Crippen LogP contribution is -2.56. The van der Waals surface area contributed by atoms with E-state index in [9.17, 15) is 0 Å². The van der Waals surface area contributed by atoms with Crippen LogP contribution in [0.1, 0.15) is 58.8 Å². The molecule has 1 aliphatic heterocycles. The van der Waals surface area contributed by atoms with Crippen LogP contribution in [-0.2, 0) is 0 Å². The molecule has 18 heavy (non-hydrogen) atoms. The molecule has 2 nitrogen and oxygen atoms in total. The molecule has 2 aliphatic carbocycles. The van der Waals surface area contributed by atoms with Gasteiger partial charge >= 0.3 is 0 Å². The minimum absolute atomic E-state index is 0.788. The highest BCUT2D eigenvalue weighted by molar-refractivity contribution is 4.95. The van der Waals surface area contributed by atoms with Crippen LogP contribution in [0.2, 0.25) is 0 Å². The molecule has 3 aliphatic rings. The third-order valence-corrected chi connectivity index (χ3v) is 5.35. The maximum absolute atomic E-state index is 3.89. The van der Waals surface area contributed by atoms with Crippen LogP contribution in [0.15, 0.2) is 0 Å². The Kier molecular flexibility index (Phi) is 3.95. The van der Waals surface area contributed by atoms with Crippen molar-refractivity contribution in [2.24, 2.45) is 11.8 Å². The summed E-state index contributed by atoms with van der Waals surface area (Å²) in [5.74, 6) is 1.90. The molecule has 2 heteroatoms. The summed E-state index contributed by atoms with van der Waals surface area (Å²) < 4.78 is 0. The van der Waals surface area contributed by atoms with Gasteiger partial charge in [0.2, 0.25) is 0 Å². The molecule has 4 atom stereocenters. The Hall–Kier alpha value is -0.0800. The predicted octanol–water partition coefficient (Wildman–Crippen LogP) is 3.03. The zero-order valence-corrected chi connectivity index (χ0v) is 12.2. The van der Waals surface area contributed by atoms with Gasteiger partial charge in [0.05, 0.1) is 0 Å². The lowest BCUT2D eigenvalue weighted by Gasteiger charge is -2.48. The number of hydrogen-bond donors (Lipinski definition) is 1. The molecule has 1 N–H and O–H groups in total. The summed E-state index contributed by atoms with van der Waals surface area (Å²) in [6, 6.07) is 2.57. The lowest BCUT2D eigenvalue weighted by molar-refractivity contribution is 0.0208. The van der Waals surface area contributed by atoms with Crippen molar-refractivity contribution in [2.45, 2.75) is 76.9 Å². The number of hydrogen-bond acceptors (Lipinski definition) is 2. The largest absolute Gasteiger partial charge is 0.310 e. The van der Waals surface area contributed by atoms with E-state index in [1.807, 2.05) is 0 Å². The predicted molar refractivity (Wildman–Crippen MR) is 76.7 cm³/mol. The van der Waals surface area contributed by atoms with Crippen LogP contribution in [0.3, 0.4) is 0 Å². The Labute approximate surface area is 113 Å². The molecule has 3 fully saturated rings. The summed E-state index contributed by atoms with van der Waals surface area (Å²) in [5.41, 5.74) is 0. The monoisotopic (exact) mass is 250 g/mol. The van der Waals surface area contributed by atoms with E-state index in [-0.39, 0.29) is 0 Å². The Morgan fingerprint density at radius 2 is 1.89 bits per heavy atom. The van der Waals surface area contributed by atoms with Crippen LogP contribution in [0.5, 0.6) is 0 Å². The third kappa shape index (κ3) is 2.91. The van der Waals surface area contributed by atoms with E-state index in [2.05, 4.69) is 24.1 Å². The number of likely N-dealkylation sites (tertiary alicyclic amines) is 1. The first-order chi connectivity index (χ1) is 8.76. The van der Waals surface area contributed by atoms with Crippen molar-refractivity contribution in [2.75, 3.05) is 13.1 Å². The van der Waals surface area contributed by atoms with Crippen LogP contribution in [0.25, 0.3) is 0 Å². The van der Waals surface area contributed by atoms with Crippen molar-refractivity contribution in [1.29, 1.82) is 0 Å². The first kappa shape index (κ1) is 12.9. The molecule has 3 rings (SSSR count). The first-order valence-corrected chi connectivity index (χ1v) is 8.26. The van der Waals surface area contributed by atoms with Gasteiger partial charge in [0.15, 0.2) is 0 Å². The van der Waals surface area contributed by atoms with Crippen molar-refractivity contribution < 1.29 is 0 Å². The standard InChI is InChI=1S/C16H30N2/c1-3-4-13-9-15(17-14-6-7-14)11-18(10-13)16-8-5-12(16)2/h12-17H,3-11H2,1-2H3. The van der Waals surface area contributed by atoms with Crippen molar-refractivity contribution in [1.82, 2.24) is 10.2 Å². The van der Waals surface area contributed by atoms with E-state index in [1.54, 1.807) is 0 Å². The first-order valence-electron chi connectivity index (χ1n) is 8.26. The van der Waals surface area contributed by atoms with Gasteiger partial charge in [-0.15, -0.1) is 0 Å². The second-order valence-electron chi connectivity index (χ2n) is 7.10. The van der Waals surface area contributed by atoms with E-state index in [1.165, 1.54) is 58.0 Å². The molecule has 1 heterocycles. The second kappa shape index (κ2) is 5.50. The van der Waals surface area contributed by atoms with Gasteiger partial charge in [0, 0.05) is 31.2 Å². The van der Waals surface area contributed by atoms with Crippen LogP contribution < -0.4 is 5.32 Å². The fourth-order valence-electron chi connectivity index (χ4n) is 4.02. The summed E-state index contributed by atoms with van der Waals surface area (Å²) >= 11 is 0. The Bertz CT molecular complexity index is 274. The van der Waals surface area contributed by atoms with Crippen LogP contribution in [-0.4, -0.2) is 36.1 Å². The van der Waals surface area contributed by atoms with Gasteiger partial charge in [-0.2, -0.15) is 0 Å². The maximum atomic E-state index is 3.89. The van der Waals surface area contributed by atoms with E-state index in [0.29, 0.717) is 0 Å². The number of rotatable bonds is 5. The molecule has 104 valence electrons. The summed E-state index contributed by atoms with van der Waals surface area (Å²) in [7, 11) is 0. The van der Waals surface area contributed by atoms with Crippen molar-refractivity contribution in [3.05, 3.63) is 0 Å². The van der Waals surface area contributed by atoms with Gasteiger partial charge in [-0.3, -0.25) is 4.90 Å². The van der Waals surface area contributed by atoms with Gasteiger partial charge in [0.1, 0.15) is 0 Å². The van der Waals surface area contributed by atoms with Crippen molar-refractivity contribution in [3.8, 4) is 0 Å². The average molecular weight is 250 g/mol. The molecular formula is C16H30N2. The normalized spacial score (nSPS) is 41.7. The van der Waals surface area contributed by atoms with Crippen LogP contribution >= 0.6 is 0 Å². The van der Waals surface area contributed by atoms with E-state index >= 15 is 0 Å². The zero-order valence-electron chi connectivity index (χ0n) is 12.2. The quantitative estimate of drug-likeness (QED) is 0.807. The molecule has 0 aromatic rings. The van der Waals surface area contributed by atoms with Gasteiger partial charge in [0.25, 0.3) is 0 Å². The zero-order chi connectivity index (χ0) is 12.5. The average Bonchev–Trinajstić information content (AvgIpc) is 3.11. The highest BCUT2D eigenvalue weighted by atomic mass is 15.2. The smallest absolute Gasteiger partial charge is 0.0200 e. The molecule has 0 spiro atoms. The van der Waals surface area contributed by atoms with Gasteiger partial charge in [-0.1, -0.05) is 20.3 Å². The maximum Gasteiger partial charge on any atom is 0.0200 e. The number of nitrogens with zero attached hydrogens (tertiary/aromatic N) is 1. The number of nitrogens with one attached hydrogen (secondary N) is 1. The minimum atomic E-state index is 0.788. The fourth-order valence-corrected chi connectivity index (χ4v) is 4.02. The van der Waals surface area contributed by atoms with Crippen LogP contribution in [0.4, 0.5) is 0 Å². The second-order valence-corrected chi connectivity index (χ2v) is 7.10. The fraction of sp³-hybridized carbons (Fsp3) is 1.00. The highest BCUT2D eigenvalue weighted by Crippen LogP contribution is 2.35. The molecule has 4 unspecified atom stereocenters. The van der Waals surface area contributed by atoms with Gasteiger partial charge < -0.3 is 5.32 Å². The molecule has 1 saturated heterocycles. The molecular weight excluding hydrogens is 220 g/mol. The Balaban J connectivity index is 1.58. The van der Waals surface area contributed by atoms with E-state index in [4.69, 9.17) is 0 Å². The van der Waals surface area contributed by atoms with Crippen molar-refractivity contribution >= 4 is 0 Å².